The van der Waals surface area contributed by atoms with Crippen molar-refractivity contribution in [2.45, 2.75) is 0 Å². The number of rotatable bonds is 1. The maximum absolute atomic E-state index is 9.52. The van der Waals surface area contributed by atoms with Crippen molar-refractivity contribution in [2.75, 3.05) is 0 Å². The van der Waals surface area contributed by atoms with Crippen molar-refractivity contribution >= 4 is 16.7 Å². The van der Waals surface area contributed by atoms with Gasteiger partial charge in [0.05, 0.1) is 22.9 Å². The summed E-state index contributed by atoms with van der Waals surface area (Å²) in [6.07, 6.45) is 1.80. The lowest BCUT2D eigenvalue weighted by Crippen LogP contribution is -1.97. The molecule has 1 heterocycles. The largest absolute Gasteiger partial charge is 0.410 e. The SMILES string of the molecule is ON=C1c2ccccc2-c2c1cccc2-c1cnc2ccccc2n1. The van der Waals surface area contributed by atoms with E-state index in [1.54, 1.807) is 6.20 Å². The number of oxime groups is 1. The highest BCUT2D eigenvalue weighted by molar-refractivity contribution is 6.26. The van der Waals surface area contributed by atoms with Gasteiger partial charge in [-0.3, -0.25) is 4.98 Å². The van der Waals surface area contributed by atoms with Gasteiger partial charge < -0.3 is 5.21 Å². The van der Waals surface area contributed by atoms with Crippen molar-refractivity contribution in [3.63, 3.8) is 0 Å². The van der Waals surface area contributed by atoms with Crippen LogP contribution in [-0.4, -0.2) is 20.9 Å². The molecule has 1 aromatic heterocycles. The molecule has 1 aliphatic rings. The fourth-order valence-corrected chi connectivity index (χ4v) is 3.50. The molecule has 5 rings (SSSR count). The summed E-state index contributed by atoms with van der Waals surface area (Å²) in [6, 6.07) is 21.8. The van der Waals surface area contributed by atoms with Gasteiger partial charge in [0.25, 0.3) is 0 Å². The molecule has 4 nitrogen and oxygen atoms in total. The fourth-order valence-electron chi connectivity index (χ4n) is 3.50. The van der Waals surface area contributed by atoms with Gasteiger partial charge in [0.15, 0.2) is 0 Å². The van der Waals surface area contributed by atoms with Crippen molar-refractivity contribution in [2.24, 2.45) is 5.16 Å². The first-order valence-corrected chi connectivity index (χ1v) is 8.04. The Hall–Kier alpha value is -3.53. The van der Waals surface area contributed by atoms with Crippen LogP contribution in [0.3, 0.4) is 0 Å². The Kier molecular flexibility index (Phi) is 2.91. The third-order valence-corrected chi connectivity index (χ3v) is 4.60. The quantitative estimate of drug-likeness (QED) is 0.365. The van der Waals surface area contributed by atoms with E-state index in [1.807, 2.05) is 66.7 Å². The summed E-state index contributed by atoms with van der Waals surface area (Å²) >= 11 is 0. The van der Waals surface area contributed by atoms with Gasteiger partial charge in [-0.15, -0.1) is 0 Å². The molecular weight excluding hydrogens is 310 g/mol. The summed E-state index contributed by atoms with van der Waals surface area (Å²) in [7, 11) is 0. The van der Waals surface area contributed by atoms with Crippen LogP contribution in [0.15, 0.2) is 78.1 Å². The van der Waals surface area contributed by atoms with Gasteiger partial charge in [-0.2, -0.15) is 0 Å². The molecule has 0 saturated heterocycles. The number of nitrogens with zero attached hydrogens (tertiary/aromatic N) is 3. The molecule has 118 valence electrons. The van der Waals surface area contributed by atoms with E-state index in [0.717, 1.165) is 44.5 Å². The van der Waals surface area contributed by atoms with Gasteiger partial charge in [0, 0.05) is 22.3 Å². The number of hydrogen-bond donors (Lipinski definition) is 1. The molecule has 0 spiro atoms. The minimum Gasteiger partial charge on any atom is -0.410 e. The molecule has 0 fully saturated rings. The Labute approximate surface area is 144 Å². The number of hydrogen-bond acceptors (Lipinski definition) is 4. The van der Waals surface area contributed by atoms with Crippen LogP contribution in [0.2, 0.25) is 0 Å². The van der Waals surface area contributed by atoms with E-state index in [0.29, 0.717) is 5.71 Å². The van der Waals surface area contributed by atoms with Gasteiger partial charge >= 0.3 is 0 Å². The van der Waals surface area contributed by atoms with Crippen molar-refractivity contribution < 1.29 is 5.21 Å². The third kappa shape index (κ3) is 1.97. The molecular formula is C21H13N3O. The fraction of sp³-hybridized carbons (Fsp3) is 0. The smallest absolute Gasteiger partial charge is 0.118 e. The molecule has 0 bridgehead atoms. The second kappa shape index (κ2) is 5.24. The number of fused-ring (bicyclic) bond motifs is 4. The molecule has 4 aromatic rings. The highest BCUT2D eigenvalue weighted by Crippen LogP contribution is 2.42. The zero-order valence-corrected chi connectivity index (χ0v) is 13.2. The molecule has 1 aliphatic carbocycles. The zero-order valence-electron chi connectivity index (χ0n) is 13.2. The second-order valence-corrected chi connectivity index (χ2v) is 5.97. The predicted molar refractivity (Wildman–Crippen MR) is 97.8 cm³/mol. The van der Waals surface area contributed by atoms with E-state index in [-0.39, 0.29) is 0 Å². The first-order chi connectivity index (χ1) is 12.4. The first kappa shape index (κ1) is 13.9. The van der Waals surface area contributed by atoms with E-state index in [4.69, 9.17) is 4.98 Å². The standard InChI is InChI=1S/C21H13N3O/c25-24-21-14-7-2-1-6-13(14)20-15(8-5-9-16(20)21)19-12-22-17-10-3-4-11-18(17)23-19/h1-12,25H. The Morgan fingerprint density at radius 2 is 1.36 bits per heavy atom. The molecule has 0 saturated carbocycles. The Balaban J connectivity index is 1.82. The second-order valence-electron chi connectivity index (χ2n) is 5.97. The van der Waals surface area contributed by atoms with Crippen molar-refractivity contribution in [1.82, 2.24) is 9.97 Å². The molecule has 0 atom stereocenters. The van der Waals surface area contributed by atoms with Crippen LogP contribution in [0.5, 0.6) is 0 Å². The molecule has 3 aromatic carbocycles. The van der Waals surface area contributed by atoms with Crippen molar-refractivity contribution in [3.8, 4) is 22.4 Å². The van der Waals surface area contributed by atoms with E-state index in [9.17, 15) is 5.21 Å². The Bertz CT molecular complexity index is 1160. The van der Waals surface area contributed by atoms with E-state index in [1.165, 1.54) is 0 Å². The summed E-state index contributed by atoms with van der Waals surface area (Å²) in [6.45, 7) is 0. The van der Waals surface area contributed by atoms with Gasteiger partial charge in [0.1, 0.15) is 5.71 Å². The zero-order chi connectivity index (χ0) is 16.8. The van der Waals surface area contributed by atoms with Gasteiger partial charge in [-0.1, -0.05) is 59.8 Å². The van der Waals surface area contributed by atoms with Gasteiger partial charge in [-0.05, 0) is 17.7 Å². The molecule has 25 heavy (non-hydrogen) atoms. The van der Waals surface area contributed by atoms with Crippen LogP contribution in [0.1, 0.15) is 11.1 Å². The number of para-hydroxylation sites is 2. The van der Waals surface area contributed by atoms with Gasteiger partial charge in [-0.25, -0.2) is 4.98 Å². The topological polar surface area (TPSA) is 58.4 Å². The monoisotopic (exact) mass is 323 g/mol. The highest BCUT2D eigenvalue weighted by atomic mass is 16.4. The molecule has 0 radical (unpaired) electrons. The summed E-state index contributed by atoms with van der Waals surface area (Å²) < 4.78 is 0. The average molecular weight is 323 g/mol. The van der Waals surface area contributed by atoms with Gasteiger partial charge in [0.2, 0.25) is 0 Å². The van der Waals surface area contributed by atoms with Crippen LogP contribution < -0.4 is 0 Å². The van der Waals surface area contributed by atoms with Crippen LogP contribution in [0.25, 0.3) is 33.4 Å². The summed E-state index contributed by atoms with van der Waals surface area (Å²) in [5.74, 6) is 0. The van der Waals surface area contributed by atoms with Crippen LogP contribution >= 0.6 is 0 Å². The Morgan fingerprint density at radius 1 is 0.680 bits per heavy atom. The summed E-state index contributed by atoms with van der Waals surface area (Å²) in [5, 5.41) is 13.1. The molecule has 4 heteroatoms. The molecule has 0 unspecified atom stereocenters. The minimum atomic E-state index is 0.598. The number of benzene rings is 3. The summed E-state index contributed by atoms with van der Waals surface area (Å²) in [5.41, 5.74) is 8.06. The van der Waals surface area contributed by atoms with Crippen molar-refractivity contribution in [3.05, 3.63) is 84.1 Å². The van der Waals surface area contributed by atoms with E-state index < -0.39 is 0 Å². The Morgan fingerprint density at radius 3 is 2.20 bits per heavy atom. The lowest BCUT2D eigenvalue weighted by atomic mass is 9.97. The maximum Gasteiger partial charge on any atom is 0.118 e. The maximum atomic E-state index is 9.52. The van der Waals surface area contributed by atoms with Crippen LogP contribution in [0.4, 0.5) is 0 Å². The van der Waals surface area contributed by atoms with Crippen molar-refractivity contribution in [1.29, 1.82) is 0 Å². The normalized spacial score (nSPS) is 13.8. The molecule has 0 amide bonds. The lowest BCUT2D eigenvalue weighted by molar-refractivity contribution is 0.320. The van der Waals surface area contributed by atoms with E-state index >= 15 is 0 Å². The summed E-state index contributed by atoms with van der Waals surface area (Å²) in [4.78, 5) is 9.32. The third-order valence-electron chi connectivity index (χ3n) is 4.60. The predicted octanol–water partition coefficient (Wildman–Crippen LogP) is 4.50. The minimum absolute atomic E-state index is 0.598. The lowest BCUT2D eigenvalue weighted by Gasteiger charge is -2.09. The van der Waals surface area contributed by atoms with Crippen LogP contribution in [0, 0.1) is 0 Å². The first-order valence-electron chi connectivity index (χ1n) is 8.04. The highest BCUT2D eigenvalue weighted by Gasteiger charge is 2.28. The van der Waals surface area contributed by atoms with E-state index in [2.05, 4.69) is 10.1 Å². The number of aromatic nitrogens is 2. The van der Waals surface area contributed by atoms with Crippen LogP contribution in [-0.2, 0) is 0 Å². The average Bonchev–Trinajstić information content (AvgIpc) is 3.01. The molecule has 0 aliphatic heterocycles. The molecule has 1 N–H and O–H groups in total.